The van der Waals surface area contributed by atoms with E-state index >= 15 is 0 Å². The van der Waals surface area contributed by atoms with Gasteiger partial charge >= 0.3 is 0 Å². The van der Waals surface area contributed by atoms with Gasteiger partial charge in [0.15, 0.2) is 6.29 Å². The third-order valence-corrected chi connectivity index (χ3v) is 12.5. The number of nitrogens with one attached hydrogen (secondary N) is 1. The Morgan fingerprint density at radius 1 is 0.736 bits per heavy atom. The topological polar surface area (TPSA) is 219 Å². The zero-order valence-corrected chi connectivity index (χ0v) is 33.4. The van der Waals surface area contributed by atoms with E-state index in [4.69, 9.17) is 14.2 Å². The molecule has 2 rings (SSSR count). The van der Waals surface area contributed by atoms with Crippen molar-refractivity contribution in [3.63, 3.8) is 0 Å². The lowest BCUT2D eigenvalue weighted by Gasteiger charge is -2.40. The lowest BCUT2D eigenvalue weighted by molar-refractivity contribution is -0.303. The summed E-state index contributed by atoms with van der Waals surface area (Å²) in [7, 11) is -2.38. The number of amides is 1. The lowest BCUT2D eigenvalue weighted by atomic mass is 9.98. The average Bonchev–Trinajstić information content (AvgIpc) is 3.14. The normalized spacial score (nSPS) is 25.9. The monoisotopic (exact) mass is 784 g/mol. The molecule has 14 heteroatoms. The summed E-state index contributed by atoms with van der Waals surface area (Å²) >= 11 is 0. The van der Waals surface area contributed by atoms with E-state index in [-0.39, 0.29) is 25.0 Å². The Labute approximate surface area is 320 Å². The van der Waals surface area contributed by atoms with Gasteiger partial charge in [-0.1, -0.05) is 116 Å². The first kappa shape index (κ1) is 48.5. The van der Waals surface area contributed by atoms with Gasteiger partial charge in [-0.3, -0.25) is 13.9 Å². The molecule has 2 fully saturated rings. The molecule has 0 aromatic rings. The predicted octanol–water partition coefficient (Wildman–Crippen LogP) is 5.15. The quantitative estimate of drug-likeness (QED) is 0.0417. The highest BCUT2D eigenvalue weighted by Gasteiger charge is 2.44. The zero-order chi connectivity index (χ0) is 38.9. The first-order valence-corrected chi connectivity index (χ1v) is 22.8. The molecule has 0 saturated carbocycles. The smallest absolute Gasteiger partial charge is 0.220 e. The van der Waals surface area contributed by atoms with Crippen LogP contribution in [0.2, 0.25) is 0 Å². The Morgan fingerprint density at radius 2 is 1.26 bits per heavy atom. The van der Waals surface area contributed by atoms with Crippen molar-refractivity contribution >= 4 is 16.5 Å². The Morgan fingerprint density at radius 3 is 1.83 bits per heavy atom. The Hall–Kier alpha value is -0.620. The van der Waals surface area contributed by atoms with Gasteiger partial charge in [0, 0.05) is 24.5 Å². The van der Waals surface area contributed by atoms with Crippen LogP contribution in [0, 0.1) is 0 Å². The molecule has 2 heterocycles. The van der Waals surface area contributed by atoms with Crippen molar-refractivity contribution in [2.75, 3.05) is 31.3 Å². The SMILES string of the molecule is CCCCCCCCCCCCCC[C@@H](O)[C@@H](O)[C@H](CO[C@H]1O[C@H](CO)[C@H](O)[C@H](O)[C@H]1O)NC(=O)CCCCCCCCCOC1CCS(O)(O)CC1. The fourth-order valence-electron chi connectivity index (χ4n) is 7.12. The van der Waals surface area contributed by atoms with Crippen LogP contribution in [-0.4, -0.2) is 132 Å². The standard InChI is InChI=1S/C39H77NO12S/c1-2-3-4-5-6-7-8-9-10-12-15-18-21-32(42)35(44)31(29-51-39-38(47)37(46)36(45)33(28-41)52-39)40-34(43)22-19-16-13-11-14-17-20-25-50-30-23-26-53(48,49)27-24-30/h30-33,35-39,41-42,44-49H,2-29H2,1H3,(H,40,43)/t31-,32+,33+,35-,36-,37-,38+,39-/m0/s1. The molecule has 0 spiro atoms. The minimum absolute atomic E-state index is 0.128. The minimum atomic E-state index is -2.38. The van der Waals surface area contributed by atoms with Crippen LogP contribution < -0.4 is 5.32 Å². The molecule has 53 heavy (non-hydrogen) atoms. The highest BCUT2D eigenvalue weighted by molar-refractivity contribution is 8.24. The van der Waals surface area contributed by atoms with Crippen molar-refractivity contribution in [3.8, 4) is 0 Å². The van der Waals surface area contributed by atoms with Crippen molar-refractivity contribution in [2.45, 2.75) is 210 Å². The van der Waals surface area contributed by atoms with Gasteiger partial charge in [-0.25, -0.2) is 0 Å². The van der Waals surface area contributed by atoms with Gasteiger partial charge in [0.2, 0.25) is 5.91 Å². The molecule has 1 amide bonds. The molecule has 0 bridgehead atoms. The predicted molar refractivity (Wildman–Crippen MR) is 208 cm³/mol. The molecular formula is C39H77NO12S. The second-order valence-electron chi connectivity index (χ2n) is 15.4. The van der Waals surface area contributed by atoms with Gasteiger partial charge in [-0.15, -0.1) is 0 Å². The number of unbranched alkanes of at least 4 members (excludes halogenated alkanes) is 17. The van der Waals surface area contributed by atoms with Gasteiger partial charge in [-0.2, -0.15) is 10.6 Å². The van der Waals surface area contributed by atoms with E-state index in [1.54, 1.807) is 0 Å². The molecule has 0 unspecified atom stereocenters. The van der Waals surface area contributed by atoms with Gasteiger partial charge in [-0.05, 0) is 32.1 Å². The number of aliphatic hydroxyl groups is 6. The number of carbonyl (C=O) groups excluding carboxylic acids is 1. The fraction of sp³-hybridized carbons (Fsp3) is 0.974. The summed E-state index contributed by atoms with van der Waals surface area (Å²) in [5.41, 5.74) is 0. The fourth-order valence-corrected chi connectivity index (χ4v) is 8.60. The minimum Gasteiger partial charge on any atom is -0.394 e. The largest absolute Gasteiger partial charge is 0.394 e. The van der Waals surface area contributed by atoms with Crippen molar-refractivity contribution in [2.24, 2.45) is 0 Å². The molecule has 8 atom stereocenters. The van der Waals surface area contributed by atoms with Gasteiger partial charge in [0.05, 0.1) is 31.5 Å². The van der Waals surface area contributed by atoms with E-state index in [1.165, 1.54) is 51.4 Å². The molecule has 0 aromatic carbocycles. The summed E-state index contributed by atoms with van der Waals surface area (Å²) in [6.07, 6.45) is 13.1. The van der Waals surface area contributed by atoms with Crippen molar-refractivity contribution < 1.29 is 58.7 Å². The molecule has 0 aliphatic carbocycles. The van der Waals surface area contributed by atoms with Crippen LogP contribution in [0.15, 0.2) is 0 Å². The Bertz CT molecular complexity index is 908. The zero-order valence-electron chi connectivity index (χ0n) is 32.6. The summed E-state index contributed by atoms with van der Waals surface area (Å²) in [5, 5.41) is 64.9. The summed E-state index contributed by atoms with van der Waals surface area (Å²) in [6, 6.07) is -1.02. The number of aliphatic hydroxyl groups excluding tert-OH is 6. The molecule has 0 aromatic heterocycles. The van der Waals surface area contributed by atoms with Crippen LogP contribution in [0.25, 0.3) is 0 Å². The van der Waals surface area contributed by atoms with E-state index < -0.39 is 66.2 Å². The van der Waals surface area contributed by atoms with Crippen LogP contribution in [0.4, 0.5) is 0 Å². The molecule has 9 N–H and O–H groups in total. The molecule has 2 aliphatic rings. The van der Waals surface area contributed by atoms with E-state index in [0.29, 0.717) is 43.8 Å². The summed E-state index contributed by atoms with van der Waals surface area (Å²) in [5.74, 6) is 0.577. The first-order chi connectivity index (χ1) is 25.5. The highest BCUT2D eigenvalue weighted by Crippen LogP contribution is 2.44. The molecule has 2 aliphatic heterocycles. The van der Waals surface area contributed by atoms with E-state index in [2.05, 4.69) is 12.2 Å². The molecular weight excluding hydrogens is 706 g/mol. The molecule has 2 saturated heterocycles. The number of ether oxygens (including phenoxy) is 3. The summed E-state index contributed by atoms with van der Waals surface area (Å²) in [4.78, 5) is 12.9. The second kappa shape index (κ2) is 28.7. The van der Waals surface area contributed by atoms with Crippen molar-refractivity contribution in [1.29, 1.82) is 0 Å². The molecule has 316 valence electrons. The van der Waals surface area contributed by atoms with Gasteiger partial charge in [0.1, 0.15) is 30.5 Å². The van der Waals surface area contributed by atoms with Crippen LogP contribution in [0.1, 0.15) is 155 Å². The number of hydrogen-bond donors (Lipinski definition) is 9. The van der Waals surface area contributed by atoms with Gasteiger partial charge < -0.3 is 50.2 Å². The molecule has 0 radical (unpaired) electrons. The van der Waals surface area contributed by atoms with Crippen LogP contribution in [-0.2, 0) is 19.0 Å². The van der Waals surface area contributed by atoms with Crippen molar-refractivity contribution in [1.82, 2.24) is 5.32 Å². The van der Waals surface area contributed by atoms with E-state index in [9.17, 15) is 44.5 Å². The third kappa shape index (κ3) is 20.9. The lowest BCUT2D eigenvalue weighted by Crippen LogP contribution is -2.60. The Balaban J connectivity index is 1.70. The Kier molecular flexibility index (Phi) is 26.3. The molecule has 13 nitrogen and oxygen atoms in total. The van der Waals surface area contributed by atoms with E-state index in [1.807, 2.05) is 0 Å². The van der Waals surface area contributed by atoms with Crippen LogP contribution in [0.3, 0.4) is 0 Å². The highest BCUT2D eigenvalue weighted by atomic mass is 32.3. The maximum atomic E-state index is 12.9. The third-order valence-electron chi connectivity index (χ3n) is 10.7. The number of hydrogen-bond acceptors (Lipinski definition) is 12. The maximum absolute atomic E-state index is 12.9. The summed E-state index contributed by atoms with van der Waals surface area (Å²) < 4.78 is 36.4. The first-order valence-electron chi connectivity index (χ1n) is 20.9. The van der Waals surface area contributed by atoms with Crippen LogP contribution >= 0.6 is 10.6 Å². The average molecular weight is 784 g/mol. The maximum Gasteiger partial charge on any atom is 0.220 e. The van der Waals surface area contributed by atoms with Crippen molar-refractivity contribution in [3.05, 3.63) is 0 Å². The van der Waals surface area contributed by atoms with E-state index in [0.717, 1.165) is 64.2 Å². The van der Waals surface area contributed by atoms with Crippen LogP contribution in [0.5, 0.6) is 0 Å². The number of carbonyl (C=O) groups is 1. The van der Waals surface area contributed by atoms with Gasteiger partial charge in [0.25, 0.3) is 0 Å². The number of rotatable bonds is 31. The summed E-state index contributed by atoms with van der Waals surface area (Å²) in [6.45, 7) is 1.97. The second-order valence-corrected chi connectivity index (χ2v) is 17.9.